The second-order valence-electron chi connectivity index (χ2n) is 16.1. The molecular weight excluding hydrogens is 751 g/mol. The molecule has 2 nitrogen and oxygen atoms in total. The summed E-state index contributed by atoms with van der Waals surface area (Å²) in [7, 11) is 0. The monoisotopic (exact) mass is 789 g/mol. The van der Waals surface area contributed by atoms with Gasteiger partial charge in [0.25, 0.3) is 0 Å². The van der Waals surface area contributed by atoms with Gasteiger partial charge >= 0.3 is 0 Å². The maximum Gasteiger partial charge on any atom is 0.136 e. The van der Waals surface area contributed by atoms with Crippen LogP contribution < -0.4 is 4.90 Å². The van der Waals surface area contributed by atoms with Crippen LogP contribution in [0.25, 0.3) is 98.8 Å². The van der Waals surface area contributed by atoms with Crippen LogP contribution in [0.1, 0.15) is 0 Å². The van der Waals surface area contributed by atoms with E-state index in [4.69, 9.17) is 4.42 Å². The summed E-state index contributed by atoms with van der Waals surface area (Å²) in [6.45, 7) is 0. The molecule has 2 heteroatoms. The highest BCUT2D eigenvalue weighted by Crippen LogP contribution is 2.46. The molecule has 1 aromatic heterocycles. The molecule has 0 saturated carbocycles. The Bertz CT molecular complexity index is 3630. The number of rotatable bonds is 7. The number of nitrogens with zero attached hydrogens (tertiary/aromatic N) is 1. The fourth-order valence-electron chi connectivity index (χ4n) is 9.47. The second-order valence-corrected chi connectivity index (χ2v) is 16.1. The van der Waals surface area contributed by atoms with Gasteiger partial charge < -0.3 is 9.32 Å². The Morgan fingerprint density at radius 1 is 0.274 bits per heavy atom. The van der Waals surface area contributed by atoms with E-state index in [1.807, 2.05) is 6.07 Å². The summed E-state index contributed by atoms with van der Waals surface area (Å²) in [5.41, 5.74) is 14.3. The summed E-state index contributed by atoms with van der Waals surface area (Å²) in [4.78, 5) is 2.43. The Morgan fingerprint density at radius 3 is 1.74 bits per heavy atom. The molecule has 62 heavy (non-hydrogen) atoms. The third-order valence-corrected chi connectivity index (χ3v) is 12.4. The number of fused-ring (bicyclic) bond motifs is 7. The lowest BCUT2D eigenvalue weighted by atomic mass is 9.93. The lowest BCUT2D eigenvalue weighted by Gasteiger charge is -2.29. The van der Waals surface area contributed by atoms with E-state index >= 15 is 0 Å². The van der Waals surface area contributed by atoms with Gasteiger partial charge in [0, 0.05) is 27.7 Å². The highest BCUT2D eigenvalue weighted by Gasteiger charge is 2.21. The molecule has 11 aromatic carbocycles. The van der Waals surface area contributed by atoms with Gasteiger partial charge in [-0.1, -0.05) is 188 Å². The van der Waals surface area contributed by atoms with Gasteiger partial charge in [0.15, 0.2) is 0 Å². The van der Waals surface area contributed by atoms with Gasteiger partial charge in [0.1, 0.15) is 11.2 Å². The quantitative estimate of drug-likeness (QED) is 0.150. The lowest BCUT2D eigenvalue weighted by Crippen LogP contribution is -2.11. The zero-order chi connectivity index (χ0) is 41.0. The molecule has 0 saturated heterocycles. The Balaban J connectivity index is 1.06. The molecule has 0 N–H and O–H groups in total. The molecule has 0 fully saturated rings. The Labute approximate surface area is 360 Å². The van der Waals surface area contributed by atoms with E-state index in [9.17, 15) is 0 Å². The number of benzene rings is 11. The van der Waals surface area contributed by atoms with Crippen molar-refractivity contribution >= 4 is 71.3 Å². The van der Waals surface area contributed by atoms with Crippen LogP contribution in [-0.4, -0.2) is 0 Å². The van der Waals surface area contributed by atoms with Crippen LogP contribution in [-0.2, 0) is 0 Å². The molecule has 0 unspecified atom stereocenters. The lowest BCUT2D eigenvalue weighted by molar-refractivity contribution is 0.669. The zero-order valence-electron chi connectivity index (χ0n) is 33.9. The maximum absolute atomic E-state index is 6.36. The predicted molar refractivity (Wildman–Crippen MR) is 263 cm³/mol. The summed E-state index contributed by atoms with van der Waals surface area (Å²) in [6, 6.07) is 85.7. The van der Waals surface area contributed by atoms with E-state index in [0.29, 0.717) is 0 Å². The fraction of sp³-hybridized carbons (Fsp3) is 0. The number of hydrogen-bond acceptors (Lipinski definition) is 2. The summed E-state index contributed by atoms with van der Waals surface area (Å²) >= 11 is 0. The first kappa shape index (κ1) is 35.7. The van der Waals surface area contributed by atoms with E-state index in [-0.39, 0.29) is 0 Å². The average Bonchev–Trinajstić information content (AvgIpc) is 3.73. The minimum Gasteiger partial charge on any atom is -0.456 e. The molecule has 0 aliphatic heterocycles. The van der Waals surface area contributed by atoms with Gasteiger partial charge in [-0.2, -0.15) is 0 Å². The zero-order valence-corrected chi connectivity index (χ0v) is 33.9. The largest absolute Gasteiger partial charge is 0.456 e. The second kappa shape index (κ2) is 14.8. The number of para-hydroxylation sites is 1. The molecule has 0 aliphatic carbocycles. The first-order chi connectivity index (χ1) is 30.7. The van der Waals surface area contributed by atoms with Crippen molar-refractivity contribution in [3.63, 3.8) is 0 Å². The predicted octanol–water partition coefficient (Wildman–Crippen LogP) is 17.2. The highest BCUT2D eigenvalue weighted by atomic mass is 16.3. The van der Waals surface area contributed by atoms with Crippen LogP contribution in [0.3, 0.4) is 0 Å². The van der Waals surface area contributed by atoms with Crippen LogP contribution >= 0.6 is 0 Å². The topological polar surface area (TPSA) is 16.4 Å². The molecule has 0 aliphatic rings. The molecule has 0 radical (unpaired) electrons. The summed E-state index contributed by atoms with van der Waals surface area (Å²) in [6.07, 6.45) is 0. The third kappa shape index (κ3) is 6.12. The minimum absolute atomic E-state index is 0.887. The number of hydrogen-bond donors (Lipinski definition) is 0. The first-order valence-electron chi connectivity index (χ1n) is 21.2. The van der Waals surface area contributed by atoms with Gasteiger partial charge in [-0.05, 0) is 120 Å². The van der Waals surface area contributed by atoms with Crippen LogP contribution in [0, 0.1) is 0 Å². The van der Waals surface area contributed by atoms with Gasteiger partial charge in [-0.3, -0.25) is 0 Å². The van der Waals surface area contributed by atoms with E-state index in [2.05, 4.69) is 235 Å². The van der Waals surface area contributed by atoms with Crippen molar-refractivity contribution in [2.45, 2.75) is 0 Å². The minimum atomic E-state index is 0.887. The molecule has 12 rings (SSSR count). The third-order valence-electron chi connectivity index (χ3n) is 12.4. The standard InChI is InChI=1S/C60H39NO/c1-2-13-42(14-3-1)54-36-32-47(52-23-11-17-41-15-4-6-20-50(41)52)39-57(54)61(49-19-10-18-45(38-49)55-24-12-26-59-60(55)56-22-8-9-25-58(56)62-59)48-33-29-40(30-34-48)44-31-35-53-46(37-44)28-27-43-16-5-7-21-51(43)53/h1-39H. The van der Waals surface area contributed by atoms with Crippen molar-refractivity contribution in [2.75, 3.05) is 4.90 Å². The van der Waals surface area contributed by atoms with Crippen molar-refractivity contribution in [1.29, 1.82) is 0 Å². The Kier molecular flexibility index (Phi) is 8.53. The van der Waals surface area contributed by atoms with E-state index < -0.39 is 0 Å². The fourth-order valence-corrected chi connectivity index (χ4v) is 9.47. The van der Waals surface area contributed by atoms with Crippen molar-refractivity contribution in [1.82, 2.24) is 0 Å². The van der Waals surface area contributed by atoms with Gasteiger partial charge in [0.05, 0.1) is 5.69 Å². The van der Waals surface area contributed by atoms with Gasteiger partial charge in [0.2, 0.25) is 0 Å². The first-order valence-corrected chi connectivity index (χ1v) is 21.2. The van der Waals surface area contributed by atoms with E-state index in [1.54, 1.807) is 0 Å². The van der Waals surface area contributed by atoms with Crippen LogP contribution in [0.5, 0.6) is 0 Å². The van der Waals surface area contributed by atoms with Crippen molar-refractivity contribution in [3.8, 4) is 44.5 Å². The van der Waals surface area contributed by atoms with Crippen molar-refractivity contribution in [3.05, 3.63) is 237 Å². The van der Waals surface area contributed by atoms with E-state index in [0.717, 1.165) is 66.8 Å². The summed E-state index contributed by atoms with van der Waals surface area (Å²) in [5.74, 6) is 0. The average molecular weight is 790 g/mol. The smallest absolute Gasteiger partial charge is 0.136 e. The van der Waals surface area contributed by atoms with Crippen LogP contribution in [0.15, 0.2) is 241 Å². The Hall–Kier alpha value is -8.20. The summed E-state index contributed by atoms with van der Waals surface area (Å²) in [5, 5.41) is 9.75. The van der Waals surface area contributed by atoms with Crippen molar-refractivity contribution in [2.24, 2.45) is 0 Å². The molecule has 12 aromatic rings. The number of furan rings is 1. The van der Waals surface area contributed by atoms with Gasteiger partial charge in [-0.15, -0.1) is 0 Å². The SMILES string of the molecule is c1ccc(-c2ccc(-c3cccc4ccccc34)cc2N(c2ccc(-c3ccc4c(ccc5ccccc54)c3)cc2)c2cccc(-c3cccc4oc5ccccc5c34)c2)cc1. The molecule has 0 spiro atoms. The molecule has 0 amide bonds. The molecule has 290 valence electrons. The maximum atomic E-state index is 6.36. The normalized spacial score (nSPS) is 11.5. The van der Waals surface area contributed by atoms with Crippen LogP contribution in [0.4, 0.5) is 17.1 Å². The van der Waals surface area contributed by atoms with Crippen LogP contribution in [0.2, 0.25) is 0 Å². The van der Waals surface area contributed by atoms with Gasteiger partial charge in [-0.25, -0.2) is 0 Å². The van der Waals surface area contributed by atoms with E-state index in [1.165, 1.54) is 49.0 Å². The van der Waals surface area contributed by atoms with Crippen molar-refractivity contribution < 1.29 is 4.42 Å². The highest BCUT2D eigenvalue weighted by molar-refractivity contribution is 6.13. The molecule has 0 bridgehead atoms. The number of anilines is 3. The summed E-state index contributed by atoms with van der Waals surface area (Å²) < 4.78 is 6.36. The Morgan fingerprint density at radius 2 is 0.871 bits per heavy atom. The molecule has 0 atom stereocenters. The molecular formula is C60H39NO. The molecule has 1 heterocycles.